The van der Waals surface area contributed by atoms with Crippen molar-refractivity contribution in [3.63, 3.8) is 0 Å². The third-order valence-corrected chi connectivity index (χ3v) is 4.66. The largest absolute Gasteiger partial charge is 0.465 e. The Kier molecular flexibility index (Phi) is 3.90. The highest BCUT2D eigenvalue weighted by molar-refractivity contribution is 7.89. The first-order chi connectivity index (χ1) is 11.7. The Bertz CT molecular complexity index is 1010. The van der Waals surface area contributed by atoms with Crippen LogP contribution < -0.4 is 10.0 Å². The van der Waals surface area contributed by atoms with E-state index in [9.17, 15) is 22.8 Å². The van der Waals surface area contributed by atoms with Crippen LogP contribution in [0.5, 0.6) is 0 Å². The highest BCUT2D eigenvalue weighted by atomic mass is 32.2. The van der Waals surface area contributed by atoms with Gasteiger partial charge in [-0.05, 0) is 42.5 Å². The van der Waals surface area contributed by atoms with Crippen molar-refractivity contribution in [2.24, 2.45) is 5.14 Å². The topological polar surface area (TPSA) is 124 Å². The molecule has 0 unspecified atom stereocenters. The van der Waals surface area contributed by atoms with E-state index in [1.807, 2.05) is 0 Å². The maximum Gasteiger partial charge on any atom is 0.337 e. The van der Waals surface area contributed by atoms with Gasteiger partial charge in [-0.3, -0.25) is 9.59 Å². The summed E-state index contributed by atoms with van der Waals surface area (Å²) in [6.45, 7) is 0. The number of amides is 2. The zero-order valence-electron chi connectivity index (χ0n) is 12.9. The second-order valence-corrected chi connectivity index (χ2v) is 6.80. The van der Waals surface area contributed by atoms with Crippen LogP contribution in [0.2, 0.25) is 0 Å². The lowest BCUT2D eigenvalue weighted by molar-refractivity contribution is 0.0600. The summed E-state index contributed by atoms with van der Waals surface area (Å²) in [5.41, 5.74) is 0.559. The Morgan fingerprint density at radius 2 is 1.60 bits per heavy atom. The molecule has 8 nitrogen and oxygen atoms in total. The van der Waals surface area contributed by atoms with Crippen LogP contribution >= 0.6 is 0 Å². The highest BCUT2D eigenvalue weighted by Crippen LogP contribution is 2.29. The predicted octanol–water partition coefficient (Wildman–Crippen LogP) is 0.921. The number of nitrogens with two attached hydrogens (primary N) is 1. The Balaban J connectivity index is 2.01. The molecule has 0 fully saturated rings. The molecule has 0 spiro atoms. The van der Waals surface area contributed by atoms with Crippen molar-refractivity contribution in [1.29, 1.82) is 0 Å². The number of methoxy groups -OCH3 is 1. The van der Waals surface area contributed by atoms with E-state index in [4.69, 9.17) is 5.14 Å². The van der Waals surface area contributed by atoms with Gasteiger partial charge in [0.1, 0.15) is 0 Å². The predicted molar refractivity (Wildman–Crippen MR) is 86.7 cm³/mol. The fourth-order valence-electron chi connectivity index (χ4n) is 2.51. The van der Waals surface area contributed by atoms with E-state index in [1.54, 1.807) is 0 Å². The van der Waals surface area contributed by atoms with Crippen LogP contribution in [0.4, 0.5) is 5.69 Å². The standard InChI is InChI=1S/C16H12N2O6S/c1-24-16(21)9-2-7-12-13(8-9)15(20)18(14(12)19)10-3-5-11(6-4-10)25(17,22)23/h2-8H,1H3,(H2,17,22,23). The average molecular weight is 360 g/mol. The lowest BCUT2D eigenvalue weighted by Crippen LogP contribution is -2.29. The maximum atomic E-state index is 12.6. The third-order valence-electron chi connectivity index (χ3n) is 3.73. The molecule has 1 heterocycles. The van der Waals surface area contributed by atoms with Gasteiger partial charge < -0.3 is 4.74 Å². The highest BCUT2D eigenvalue weighted by Gasteiger charge is 2.37. The molecule has 25 heavy (non-hydrogen) atoms. The molecule has 2 N–H and O–H groups in total. The number of benzene rings is 2. The van der Waals surface area contributed by atoms with Crippen LogP contribution in [-0.2, 0) is 14.8 Å². The molecule has 2 aromatic rings. The van der Waals surface area contributed by atoms with Crippen LogP contribution in [0.1, 0.15) is 31.1 Å². The molecule has 9 heteroatoms. The molecule has 0 saturated heterocycles. The second kappa shape index (κ2) is 5.80. The van der Waals surface area contributed by atoms with Crippen molar-refractivity contribution < 1.29 is 27.5 Å². The molecule has 0 atom stereocenters. The second-order valence-electron chi connectivity index (χ2n) is 5.24. The van der Waals surface area contributed by atoms with Crippen molar-refractivity contribution in [2.75, 3.05) is 12.0 Å². The molecule has 1 aliphatic rings. The summed E-state index contributed by atoms with van der Waals surface area (Å²) in [5.74, 6) is -1.81. The third kappa shape index (κ3) is 2.79. The van der Waals surface area contributed by atoms with Gasteiger partial charge in [0.05, 0.1) is 34.4 Å². The number of ether oxygens (including phenoxy) is 1. The molecule has 2 aromatic carbocycles. The summed E-state index contributed by atoms with van der Waals surface area (Å²) in [6, 6.07) is 9.08. The summed E-state index contributed by atoms with van der Waals surface area (Å²) < 4.78 is 27.2. The van der Waals surface area contributed by atoms with E-state index in [2.05, 4.69) is 4.74 Å². The smallest absolute Gasteiger partial charge is 0.337 e. The maximum absolute atomic E-state index is 12.6. The summed E-state index contributed by atoms with van der Waals surface area (Å²) in [7, 11) is -2.67. The lowest BCUT2D eigenvalue weighted by Gasteiger charge is -2.14. The minimum Gasteiger partial charge on any atom is -0.465 e. The van der Waals surface area contributed by atoms with Crippen molar-refractivity contribution in [2.45, 2.75) is 4.90 Å². The molecule has 0 aliphatic carbocycles. The lowest BCUT2D eigenvalue weighted by atomic mass is 10.1. The Labute approximate surface area is 142 Å². The van der Waals surface area contributed by atoms with Crippen molar-refractivity contribution in [1.82, 2.24) is 0 Å². The van der Waals surface area contributed by atoms with Gasteiger partial charge in [0, 0.05) is 0 Å². The normalized spacial score (nSPS) is 13.8. The van der Waals surface area contributed by atoms with Crippen LogP contribution in [0.3, 0.4) is 0 Å². The van der Waals surface area contributed by atoms with Gasteiger partial charge in [0.25, 0.3) is 11.8 Å². The number of hydrogen-bond acceptors (Lipinski definition) is 6. The van der Waals surface area contributed by atoms with E-state index in [-0.39, 0.29) is 27.3 Å². The van der Waals surface area contributed by atoms with E-state index in [1.165, 1.54) is 49.6 Å². The molecule has 0 saturated carbocycles. The van der Waals surface area contributed by atoms with Crippen molar-refractivity contribution >= 4 is 33.5 Å². The monoisotopic (exact) mass is 360 g/mol. The molecular formula is C16H12N2O6S. The van der Waals surface area contributed by atoms with Crippen LogP contribution in [0, 0.1) is 0 Å². The summed E-state index contributed by atoms with van der Waals surface area (Å²) in [4.78, 5) is 37.4. The van der Waals surface area contributed by atoms with Crippen molar-refractivity contribution in [3.8, 4) is 0 Å². The van der Waals surface area contributed by atoms with Crippen LogP contribution in [-0.4, -0.2) is 33.3 Å². The molecule has 2 amide bonds. The molecule has 0 aromatic heterocycles. The number of rotatable bonds is 3. The number of esters is 1. The van der Waals surface area contributed by atoms with Gasteiger partial charge in [-0.1, -0.05) is 0 Å². The van der Waals surface area contributed by atoms with Gasteiger partial charge in [0.2, 0.25) is 10.0 Å². The Morgan fingerprint density at radius 1 is 1.00 bits per heavy atom. The number of sulfonamides is 1. The number of hydrogen-bond donors (Lipinski definition) is 1. The van der Waals surface area contributed by atoms with E-state index < -0.39 is 27.8 Å². The Hall–Kier alpha value is -3.04. The van der Waals surface area contributed by atoms with Crippen molar-refractivity contribution in [3.05, 3.63) is 59.2 Å². The first kappa shape index (κ1) is 16.8. The molecule has 3 rings (SSSR count). The molecule has 128 valence electrons. The average Bonchev–Trinajstić information content (AvgIpc) is 2.84. The zero-order chi connectivity index (χ0) is 18.4. The molecular weight excluding hydrogens is 348 g/mol. The van der Waals surface area contributed by atoms with Gasteiger partial charge in [-0.2, -0.15) is 0 Å². The molecule has 0 radical (unpaired) electrons. The number of carbonyl (C=O) groups excluding carboxylic acids is 3. The number of primary sulfonamides is 1. The van der Waals surface area contributed by atoms with E-state index in [0.29, 0.717) is 0 Å². The van der Waals surface area contributed by atoms with Crippen LogP contribution in [0.15, 0.2) is 47.4 Å². The minimum absolute atomic E-state index is 0.0726. The Morgan fingerprint density at radius 3 is 2.16 bits per heavy atom. The van der Waals surface area contributed by atoms with E-state index >= 15 is 0 Å². The summed E-state index contributed by atoms with van der Waals surface area (Å²) >= 11 is 0. The number of nitrogens with zero attached hydrogens (tertiary/aromatic N) is 1. The van der Waals surface area contributed by atoms with E-state index in [0.717, 1.165) is 4.90 Å². The molecule has 0 bridgehead atoms. The first-order valence-corrected chi connectivity index (χ1v) is 8.52. The zero-order valence-corrected chi connectivity index (χ0v) is 13.7. The fourth-order valence-corrected chi connectivity index (χ4v) is 3.02. The molecule has 1 aliphatic heterocycles. The minimum atomic E-state index is -3.88. The SMILES string of the molecule is COC(=O)c1ccc2c(c1)C(=O)N(c1ccc(S(N)(=O)=O)cc1)C2=O. The van der Waals surface area contributed by atoms with Crippen LogP contribution in [0.25, 0.3) is 0 Å². The fraction of sp³-hybridized carbons (Fsp3) is 0.0625. The number of imide groups is 1. The number of anilines is 1. The number of carbonyl (C=O) groups is 3. The first-order valence-electron chi connectivity index (χ1n) is 6.98. The van der Waals surface area contributed by atoms with Gasteiger partial charge >= 0.3 is 5.97 Å². The summed E-state index contributed by atoms with van der Waals surface area (Å²) in [5, 5.41) is 5.02. The quantitative estimate of drug-likeness (QED) is 0.641. The van der Waals surface area contributed by atoms with Gasteiger partial charge in [-0.15, -0.1) is 0 Å². The number of fused-ring (bicyclic) bond motifs is 1. The summed E-state index contributed by atoms with van der Waals surface area (Å²) in [6.07, 6.45) is 0. The van der Waals surface area contributed by atoms with Gasteiger partial charge in [0.15, 0.2) is 0 Å². The van der Waals surface area contributed by atoms with Gasteiger partial charge in [-0.25, -0.2) is 23.3 Å².